The maximum absolute atomic E-state index is 13.6. The molecule has 2 rings (SSSR count). The van der Waals surface area contributed by atoms with Crippen LogP contribution in [0, 0.1) is 12.7 Å². The van der Waals surface area contributed by atoms with Gasteiger partial charge in [0.15, 0.2) is 6.61 Å². The first kappa shape index (κ1) is 18.9. The summed E-state index contributed by atoms with van der Waals surface area (Å²) in [5, 5.41) is 2.77. The second-order valence-electron chi connectivity index (χ2n) is 4.85. The smallest absolute Gasteiger partial charge is 0.341 e. The normalized spacial score (nSPS) is 10.4. The van der Waals surface area contributed by atoms with E-state index in [0.29, 0.717) is 14.6 Å². The van der Waals surface area contributed by atoms with Gasteiger partial charge in [-0.15, -0.1) is 0 Å². The number of amides is 1. The van der Waals surface area contributed by atoms with E-state index in [1.165, 1.54) is 12.1 Å². The Hall–Kier alpha value is -1.44. The van der Waals surface area contributed by atoms with Crippen LogP contribution in [0.5, 0.6) is 0 Å². The molecule has 0 heterocycles. The SMILES string of the molecule is Cc1cc(Br)c(NC(=O)COC(=O)c2ccc(Cl)cc2F)c(Br)c1. The molecular weight excluding hydrogens is 468 g/mol. The van der Waals surface area contributed by atoms with Gasteiger partial charge in [-0.3, -0.25) is 4.79 Å². The first-order valence-corrected chi connectivity index (χ1v) is 8.62. The van der Waals surface area contributed by atoms with E-state index in [-0.39, 0.29) is 10.6 Å². The number of rotatable bonds is 4. The van der Waals surface area contributed by atoms with Crippen molar-refractivity contribution in [3.05, 3.63) is 61.2 Å². The molecule has 0 saturated heterocycles. The van der Waals surface area contributed by atoms with Crippen molar-refractivity contribution in [2.24, 2.45) is 0 Å². The molecule has 24 heavy (non-hydrogen) atoms. The van der Waals surface area contributed by atoms with E-state index in [1.807, 2.05) is 19.1 Å². The van der Waals surface area contributed by atoms with Crippen molar-refractivity contribution >= 4 is 61.0 Å². The van der Waals surface area contributed by atoms with Crippen LogP contribution in [0.2, 0.25) is 5.02 Å². The predicted octanol–water partition coefficient (Wildman–Crippen LogP) is 5.11. The van der Waals surface area contributed by atoms with Gasteiger partial charge < -0.3 is 10.1 Å². The molecule has 0 atom stereocenters. The summed E-state index contributed by atoms with van der Waals surface area (Å²) in [6.07, 6.45) is 0. The molecule has 1 N–H and O–H groups in total. The van der Waals surface area contributed by atoms with Crippen molar-refractivity contribution in [3.8, 4) is 0 Å². The van der Waals surface area contributed by atoms with Gasteiger partial charge in [0.1, 0.15) is 5.82 Å². The van der Waals surface area contributed by atoms with E-state index in [0.717, 1.165) is 11.6 Å². The summed E-state index contributed by atoms with van der Waals surface area (Å²) in [5.41, 5.74) is 1.22. The van der Waals surface area contributed by atoms with Gasteiger partial charge in [-0.05, 0) is 74.7 Å². The second-order valence-corrected chi connectivity index (χ2v) is 7.00. The molecule has 0 bridgehead atoms. The monoisotopic (exact) mass is 477 g/mol. The van der Waals surface area contributed by atoms with Crippen LogP contribution in [0.3, 0.4) is 0 Å². The van der Waals surface area contributed by atoms with Gasteiger partial charge in [0.2, 0.25) is 0 Å². The summed E-state index contributed by atoms with van der Waals surface area (Å²) in [5.74, 6) is -2.30. The summed E-state index contributed by atoms with van der Waals surface area (Å²) in [4.78, 5) is 23.7. The fourth-order valence-electron chi connectivity index (χ4n) is 1.86. The maximum Gasteiger partial charge on any atom is 0.341 e. The molecule has 0 aromatic heterocycles. The van der Waals surface area contributed by atoms with Crippen LogP contribution in [-0.2, 0) is 9.53 Å². The minimum Gasteiger partial charge on any atom is -0.452 e. The molecular formula is C16H11Br2ClFNO3. The quantitative estimate of drug-likeness (QED) is 0.621. The van der Waals surface area contributed by atoms with Crippen LogP contribution in [-0.4, -0.2) is 18.5 Å². The van der Waals surface area contributed by atoms with Crippen molar-refractivity contribution in [2.75, 3.05) is 11.9 Å². The van der Waals surface area contributed by atoms with Crippen molar-refractivity contribution in [3.63, 3.8) is 0 Å². The van der Waals surface area contributed by atoms with Crippen LogP contribution in [0.15, 0.2) is 39.3 Å². The number of esters is 1. The van der Waals surface area contributed by atoms with Gasteiger partial charge in [-0.1, -0.05) is 11.6 Å². The zero-order chi connectivity index (χ0) is 17.9. The third-order valence-electron chi connectivity index (χ3n) is 2.94. The van der Waals surface area contributed by atoms with E-state index >= 15 is 0 Å². The Kier molecular flexibility index (Phi) is 6.37. The van der Waals surface area contributed by atoms with Crippen molar-refractivity contribution in [2.45, 2.75) is 6.92 Å². The molecule has 0 fully saturated rings. The zero-order valence-electron chi connectivity index (χ0n) is 12.3. The number of carbonyl (C=O) groups is 2. The van der Waals surface area contributed by atoms with Gasteiger partial charge >= 0.3 is 5.97 Å². The Labute approximate surface area is 159 Å². The van der Waals surface area contributed by atoms with E-state index in [1.54, 1.807) is 0 Å². The fraction of sp³-hybridized carbons (Fsp3) is 0.125. The Morgan fingerprint density at radius 2 is 1.83 bits per heavy atom. The van der Waals surface area contributed by atoms with Crippen LogP contribution in [0.4, 0.5) is 10.1 Å². The standard InChI is InChI=1S/C16H11Br2ClFNO3/c1-8-4-11(17)15(12(18)5-8)21-14(22)7-24-16(23)10-3-2-9(19)6-13(10)20/h2-6H,7H2,1H3,(H,21,22). The van der Waals surface area contributed by atoms with Crippen molar-refractivity contribution in [1.82, 2.24) is 0 Å². The number of carbonyl (C=O) groups excluding carboxylic acids is 2. The van der Waals surface area contributed by atoms with E-state index in [4.69, 9.17) is 16.3 Å². The molecule has 1 amide bonds. The molecule has 0 unspecified atom stereocenters. The van der Waals surface area contributed by atoms with Crippen molar-refractivity contribution in [1.29, 1.82) is 0 Å². The minimum atomic E-state index is -0.943. The van der Waals surface area contributed by atoms with E-state index in [2.05, 4.69) is 37.2 Å². The number of benzene rings is 2. The first-order valence-electron chi connectivity index (χ1n) is 6.65. The lowest BCUT2D eigenvalue weighted by atomic mass is 10.2. The molecule has 4 nitrogen and oxygen atoms in total. The number of hydrogen-bond acceptors (Lipinski definition) is 3. The molecule has 8 heteroatoms. The maximum atomic E-state index is 13.6. The Morgan fingerprint density at radius 3 is 2.42 bits per heavy atom. The topological polar surface area (TPSA) is 55.4 Å². The number of nitrogens with one attached hydrogen (secondary N) is 1. The summed E-state index contributed by atoms with van der Waals surface area (Å²) in [7, 11) is 0. The third kappa shape index (κ3) is 4.78. The zero-order valence-corrected chi connectivity index (χ0v) is 16.3. The Bertz CT molecular complexity index is 791. The highest BCUT2D eigenvalue weighted by molar-refractivity contribution is 9.11. The molecule has 0 aliphatic rings. The van der Waals surface area contributed by atoms with Gasteiger partial charge in [0, 0.05) is 14.0 Å². The number of anilines is 1. The molecule has 0 radical (unpaired) electrons. The van der Waals surface area contributed by atoms with Gasteiger partial charge in [-0.25, -0.2) is 9.18 Å². The lowest BCUT2D eigenvalue weighted by Crippen LogP contribution is -2.21. The van der Waals surface area contributed by atoms with Crippen LogP contribution in [0.25, 0.3) is 0 Å². The lowest BCUT2D eigenvalue weighted by molar-refractivity contribution is -0.119. The number of ether oxygens (including phenoxy) is 1. The molecule has 0 aliphatic carbocycles. The molecule has 0 spiro atoms. The van der Waals surface area contributed by atoms with Gasteiger partial charge in [-0.2, -0.15) is 0 Å². The Morgan fingerprint density at radius 1 is 1.21 bits per heavy atom. The highest BCUT2D eigenvalue weighted by atomic mass is 79.9. The minimum absolute atomic E-state index is 0.163. The third-order valence-corrected chi connectivity index (χ3v) is 4.42. The molecule has 2 aromatic rings. The van der Waals surface area contributed by atoms with E-state index < -0.39 is 24.3 Å². The average molecular weight is 480 g/mol. The predicted molar refractivity (Wildman–Crippen MR) is 96.9 cm³/mol. The van der Waals surface area contributed by atoms with Crippen molar-refractivity contribution < 1.29 is 18.7 Å². The number of hydrogen-bond donors (Lipinski definition) is 1. The summed E-state index contributed by atoms with van der Waals surface area (Å²) >= 11 is 12.3. The molecule has 2 aromatic carbocycles. The lowest BCUT2D eigenvalue weighted by Gasteiger charge is -2.11. The number of halogens is 4. The molecule has 0 saturated carbocycles. The average Bonchev–Trinajstić information content (AvgIpc) is 2.48. The van der Waals surface area contributed by atoms with Crippen LogP contribution >= 0.6 is 43.5 Å². The molecule has 0 aliphatic heterocycles. The summed E-state index contributed by atoms with van der Waals surface area (Å²) in [6, 6.07) is 7.22. The van der Waals surface area contributed by atoms with E-state index in [9.17, 15) is 14.0 Å². The summed E-state index contributed by atoms with van der Waals surface area (Å²) in [6.45, 7) is 1.36. The fourth-order valence-corrected chi connectivity index (χ4v) is 3.63. The second kappa shape index (κ2) is 8.09. The van der Waals surface area contributed by atoms with Crippen LogP contribution < -0.4 is 5.32 Å². The molecule has 126 valence electrons. The highest BCUT2D eigenvalue weighted by Gasteiger charge is 2.16. The van der Waals surface area contributed by atoms with Crippen LogP contribution in [0.1, 0.15) is 15.9 Å². The Balaban J connectivity index is 2.00. The number of aryl methyl sites for hydroxylation is 1. The van der Waals surface area contributed by atoms with Gasteiger partial charge in [0.25, 0.3) is 5.91 Å². The largest absolute Gasteiger partial charge is 0.452 e. The van der Waals surface area contributed by atoms with Gasteiger partial charge in [0.05, 0.1) is 11.3 Å². The highest BCUT2D eigenvalue weighted by Crippen LogP contribution is 2.32. The first-order chi connectivity index (χ1) is 11.3. The summed E-state index contributed by atoms with van der Waals surface area (Å²) < 4.78 is 19.8.